The number of carbonyl (C=O) groups is 1. The van der Waals surface area contributed by atoms with Gasteiger partial charge < -0.3 is 15.8 Å². The van der Waals surface area contributed by atoms with Crippen LogP contribution in [0.15, 0.2) is 24.3 Å². The summed E-state index contributed by atoms with van der Waals surface area (Å²) in [5, 5.41) is 2.86. The van der Waals surface area contributed by atoms with Crippen LogP contribution in [0.5, 0.6) is 5.75 Å². The molecule has 4 nitrogen and oxygen atoms in total. The van der Waals surface area contributed by atoms with Gasteiger partial charge in [-0.15, -0.1) is 0 Å². The molecule has 0 heterocycles. The van der Waals surface area contributed by atoms with Gasteiger partial charge in [0, 0.05) is 18.2 Å². The fraction of sp³-hybridized carbons (Fsp3) is 0.500. The predicted molar refractivity (Wildman–Crippen MR) is 81.8 cm³/mol. The lowest BCUT2D eigenvalue weighted by Crippen LogP contribution is -2.16. The highest BCUT2D eigenvalue weighted by molar-refractivity contribution is 7.99. The van der Waals surface area contributed by atoms with Gasteiger partial charge in [-0.3, -0.25) is 4.79 Å². The Morgan fingerprint density at radius 3 is 2.84 bits per heavy atom. The standard InChI is InChI=1S/C14H22N2O2S/c1-11(15)7-9-19-10-8-14(17)16-12-5-3-4-6-13(12)18-2/h3-6,11H,7-10,15H2,1-2H3,(H,16,17). The van der Waals surface area contributed by atoms with Crippen molar-refractivity contribution in [2.24, 2.45) is 5.73 Å². The number of thioether (sulfide) groups is 1. The summed E-state index contributed by atoms with van der Waals surface area (Å²) in [6.45, 7) is 1.99. The Labute approximate surface area is 119 Å². The molecule has 0 bridgehead atoms. The molecule has 0 fully saturated rings. The molecule has 0 aliphatic rings. The van der Waals surface area contributed by atoms with Crippen molar-refractivity contribution in [2.75, 3.05) is 23.9 Å². The number of methoxy groups -OCH3 is 1. The maximum absolute atomic E-state index is 11.8. The van der Waals surface area contributed by atoms with Gasteiger partial charge >= 0.3 is 0 Å². The molecule has 1 amide bonds. The third-order valence-corrected chi connectivity index (χ3v) is 3.59. The molecule has 1 unspecified atom stereocenters. The number of hydrogen-bond donors (Lipinski definition) is 2. The molecule has 0 aliphatic heterocycles. The van der Waals surface area contributed by atoms with E-state index < -0.39 is 0 Å². The van der Waals surface area contributed by atoms with Crippen molar-refractivity contribution in [1.29, 1.82) is 0 Å². The van der Waals surface area contributed by atoms with E-state index in [0.29, 0.717) is 12.2 Å². The number of benzene rings is 1. The first-order chi connectivity index (χ1) is 9.13. The molecule has 5 heteroatoms. The number of nitrogens with one attached hydrogen (secondary N) is 1. The summed E-state index contributed by atoms with van der Waals surface area (Å²) in [5.41, 5.74) is 6.38. The van der Waals surface area contributed by atoms with E-state index in [4.69, 9.17) is 10.5 Å². The number of amides is 1. The molecule has 0 saturated heterocycles. The fourth-order valence-corrected chi connectivity index (χ4v) is 2.57. The van der Waals surface area contributed by atoms with E-state index in [2.05, 4.69) is 5.32 Å². The van der Waals surface area contributed by atoms with E-state index in [1.165, 1.54) is 0 Å². The van der Waals surface area contributed by atoms with Crippen LogP contribution in [0.4, 0.5) is 5.69 Å². The van der Waals surface area contributed by atoms with Gasteiger partial charge in [-0.25, -0.2) is 0 Å². The Kier molecular flexibility index (Phi) is 7.36. The maximum atomic E-state index is 11.8. The van der Waals surface area contributed by atoms with Gasteiger partial charge in [0.05, 0.1) is 12.8 Å². The highest BCUT2D eigenvalue weighted by Crippen LogP contribution is 2.23. The quantitative estimate of drug-likeness (QED) is 0.719. The van der Waals surface area contributed by atoms with Crippen LogP contribution < -0.4 is 15.8 Å². The molecule has 106 valence electrons. The molecule has 0 saturated carbocycles. The van der Waals surface area contributed by atoms with Crippen molar-refractivity contribution in [3.05, 3.63) is 24.3 Å². The fourth-order valence-electron chi connectivity index (χ4n) is 1.50. The molecule has 1 aromatic carbocycles. The van der Waals surface area contributed by atoms with Crippen molar-refractivity contribution < 1.29 is 9.53 Å². The Bertz CT molecular complexity index is 397. The number of para-hydroxylation sites is 2. The van der Waals surface area contributed by atoms with Gasteiger partial charge in [-0.1, -0.05) is 12.1 Å². The summed E-state index contributed by atoms with van der Waals surface area (Å²) >= 11 is 1.76. The normalized spacial score (nSPS) is 11.9. The number of carbonyl (C=O) groups excluding carboxylic acids is 1. The minimum Gasteiger partial charge on any atom is -0.495 e. The van der Waals surface area contributed by atoms with Crippen LogP contribution in [0, 0.1) is 0 Å². The summed E-state index contributed by atoms with van der Waals surface area (Å²) in [6.07, 6.45) is 1.49. The van der Waals surface area contributed by atoms with Crippen LogP contribution in [0.3, 0.4) is 0 Å². The maximum Gasteiger partial charge on any atom is 0.225 e. The summed E-state index contributed by atoms with van der Waals surface area (Å²) in [6, 6.07) is 7.63. The summed E-state index contributed by atoms with van der Waals surface area (Å²) in [4.78, 5) is 11.8. The molecule has 19 heavy (non-hydrogen) atoms. The molecule has 0 radical (unpaired) electrons. The molecular weight excluding hydrogens is 260 g/mol. The Morgan fingerprint density at radius 2 is 2.16 bits per heavy atom. The second kappa shape index (κ2) is 8.82. The number of rotatable bonds is 8. The van der Waals surface area contributed by atoms with Crippen LogP contribution in [0.1, 0.15) is 19.8 Å². The average molecular weight is 282 g/mol. The minimum atomic E-state index is 0.0118. The smallest absolute Gasteiger partial charge is 0.225 e. The Morgan fingerprint density at radius 1 is 1.42 bits per heavy atom. The van der Waals surface area contributed by atoms with Crippen LogP contribution >= 0.6 is 11.8 Å². The van der Waals surface area contributed by atoms with E-state index in [1.807, 2.05) is 31.2 Å². The first-order valence-corrected chi connectivity index (χ1v) is 7.55. The Hall–Kier alpha value is -1.20. The summed E-state index contributed by atoms with van der Waals surface area (Å²) in [5.74, 6) is 2.51. The molecule has 1 atom stereocenters. The van der Waals surface area contributed by atoms with E-state index in [1.54, 1.807) is 18.9 Å². The van der Waals surface area contributed by atoms with Crippen LogP contribution in [0.2, 0.25) is 0 Å². The first kappa shape index (κ1) is 15.9. The van der Waals surface area contributed by atoms with Crippen LogP contribution in [-0.2, 0) is 4.79 Å². The number of ether oxygens (including phenoxy) is 1. The minimum absolute atomic E-state index is 0.0118. The molecular formula is C14H22N2O2S. The van der Waals surface area contributed by atoms with Crippen molar-refractivity contribution in [2.45, 2.75) is 25.8 Å². The highest BCUT2D eigenvalue weighted by atomic mass is 32.2. The molecule has 1 rings (SSSR count). The van der Waals surface area contributed by atoms with E-state index in [9.17, 15) is 4.79 Å². The lowest BCUT2D eigenvalue weighted by Gasteiger charge is -2.09. The predicted octanol–water partition coefficient (Wildman–Crippen LogP) is 2.49. The zero-order valence-corrected chi connectivity index (χ0v) is 12.3. The number of nitrogens with two attached hydrogens (primary N) is 1. The summed E-state index contributed by atoms with van der Waals surface area (Å²) in [7, 11) is 1.59. The zero-order chi connectivity index (χ0) is 14.1. The van der Waals surface area contributed by atoms with E-state index in [0.717, 1.165) is 23.6 Å². The van der Waals surface area contributed by atoms with Gasteiger partial charge in [0.25, 0.3) is 0 Å². The number of anilines is 1. The molecule has 3 N–H and O–H groups in total. The van der Waals surface area contributed by atoms with Crippen molar-refractivity contribution >= 4 is 23.4 Å². The Balaban J connectivity index is 2.27. The third-order valence-electron chi connectivity index (χ3n) is 2.57. The van der Waals surface area contributed by atoms with E-state index in [-0.39, 0.29) is 11.9 Å². The van der Waals surface area contributed by atoms with Crippen LogP contribution in [0.25, 0.3) is 0 Å². The van der Waals surface area contributed by atoms with Gasteiger partial charge in [0.1, 0.15) is 5.75 Å². The summed E-state index contributed by atoms with van der Waals surface area (Å²) < 4.78 is 5.18. The monoisotopic (exact) mass is 282 g/mol. The van der Waals surface area contributed by atoms with Gasteiger partial charge in [-0.05, 0) is 31.2 Å². The van der Waals surface area contributed by atoms with Crippen molar-refractivity contribution in [3.8, 4) is 5.75 Å². The SMILES string of the molecule is COc1ccccc1NC(=O)CCSCCC(C)N. The van der Waals surface area contributed by atoms with Gasteiger partial charge in [0.15, 0.2) is 0 Å². The first-order valence-electron chi connectivity index (χ1n) is 6.39. The lowest BCUT2D eigenvalue weighted by molar-refractivity contribution is -0.115. The van der Waals surface area contributed by atoms with Gasteiger partial charge in [-0.2, -0.15) is 11.8 Å². The van der Waals surface area contributed by atoms with E-state index >= 15 is 0 Å². The number of hydrogen-bond acceptors (Lipinski definition) is 4. The lowest BCUT2D eigenvalue weighted by atomic mass is 10.3. The highest BCUT2D eigenvalue weighted by Gasteiger charge is 2.06. The van der Waals surface area contributed by atoms with Crippen molar-refractivity contribution in [1.82, 2.24) is 0 Å². The molecule has 0 aliphatic carbocycles. The topological polar surface area (TPSA) is 64.3 Å². The van der Waals surface area contributed by atoms with Crippen molar-refractivity contribution in [3.63, 3.8) is 0 Å². The average Bonchev–Trinajstić information content (AvgIpc) is 2.38. The largest absolute Gasteiger partial charge is 0.495 e. The molecule has 0 spiro atoms. The second-order valence-corrected chi connectivity index (χ2v) is 5.60. The zero-order valence-electron chi connectivity index (χ0n) is 11.5. The molecule has 1 aromatic rings. The van der Waals surface area contributed by atoms with Gasteiger partial charge in [0.2, 0.25) is 5.91 Å². The third kappa shape index (κ3) is 6.50. The second-order valence-electron chi connectivity index (χ2n) is 4.38. The molecule has 0 aromatic heterocycles. The van der Waals surface area contributed by atoms with Crippen LogP contribution in [-0.4, -0.2) is 30.6 Å².